The van der Waals surface area contributed by atoms with Crippen LogP contribution in [-0.2, 0) is 52.5 Å². The van der Waals surface area contributed by atoms with Gasteiger partial charge in [-0.25, -0.2) is 9.59 Å². The van der Waals surface area contributed by atoms with E-state index >= 15 is 0 Å². The molecule has 0 saturated carbocycles. The molecule has 4 N–H and O–H groups in total. The molecule has 2 aliphatic rings. The van der Waals surface area contributed by atoms with Gasteiger partial charge in [0.25, 0.3) is 0 Å². The number of alkyl carbamates (subject to hydrolysis) is 1. The van der Waals surface area contributed by atoms with Crippen LogP contribution in [0, 0.1) is 0 Å². The van der Waals surface area contributed by atoms with E-state index in [4.69, 9.17) is 23.7 Å². The second kappa shape index (κ2) is 16.1. The first-order valence-electron chi connectivity index (χ1n) is 15.3. The summed E-state index contributed by atoms with van der Waals surface area (Å²) in [5, 5.41) is 16.9. The zero-order valence-corrected chi connectivity index (χ0v) is 27.1. The number of esters is 3. The van der Waals surface area contributed by atoms with Gasteiger partial charge in [-0.05, 0) is 22.3 Å². The number of nitrogens with one attached hydrogen (secondary N) is 3. The minimum Gasteiger partial charge on any atom is -0.480 e. The summed E-state index contributed by atoms with van der Waals surface area (Å²) in [5.41, 5.74) is 3.89. The Bertz CT molecular complexity index is 1570. The number of carbonyl (C=O) groups excluding carboxylic acids is 6. The van der Waals surface area contributed by atoms with E-state index in [1.54, 1.807) is 0 Å². The number of carboxylic acid groups (broad SMARTS) is 1. The molecule has 0 radical (unpaired) electrons. The van der Waals surface area contributed by atoms with Crippen molar-refractivity contribution in [1.82, 2.24) is 16.0 Å². The first kappa shape index (κ1) is 36.3. The molecule has 4 rings (SSSR count). The molecule has 16 heteroatoms. The minimum absolute atomic E-state index is 0.0997. The Morgan fingerprint density at radius 1 is 0.755 bits per heavy atom. The molecule has 0 spiro atoms. The fourth-order valence-corrected chi connectivity index (χ4v) is 5.84. The molecule has 1 heterocycles. The zero-order chi connectivity index (χ0) is 35.8. The molecule has 0 bridgehead atoms. The van der Waals surface area contributed by atoms with Gasteiger partial charge in [0, 0.05) is 33.6 Å². The van der Waals surface area contributed by atoms with E-state index < -0.39 is 91.4 Å². The van der Waals surface area contributed by atoms with Gasteiger partial charge >= 0.3 is 30.0 Å². The van der Waals surface area contributed by atoms with E-state index in [2.05, 4.69) is 16.0 Å². The Kier molecular flexibility index (Phi) is 11.9. The Morgan fingerprint density at radius 2 is 1.33 bits per heavy atom. The monoisotopic (exact) mass is 683 g/mol. The average Bonchev–Trinajstić information content (AvgIpc) is 3.34. The van der Waals surface area contributed by atoms with E-state index in [1.807, 2.05) is 48.5 Å². The molecule has 1 saturated heterocycles. The van der Waals surface area contributed by atoms with Crippen LogP contribution >= 0.6 is 0 Å². The van der Waals surface area contributed by atoms with Gasteiger partial charge < -0.3 is 44.7 Å². The van der Waals surface area contributed by atoms with Crippen LogP contribution in [0.5, 0.6) is 0 Å². The third kappa shape index (κ3) is 9.31. The van der Waals surface area contributed by atoms with Crippen molar-refractivity contribution in [3.63, 3.8) is 0 Å². The number of fused-ring (bicyclic) bond motifs is 3. The van der Waals surface area contributed by atoms with Gasteiger partial charge in [-0.1, -0.05) is 48.5 Å². The Hall–Kier alpha value is -5.51. The van der Waals surface area contributed by atoms with E-state index in [-0.39, 0.29) is 12.5 Å². The molecule has 2 aromatic rings. The molecule has 2 aromatic carbocycles. The van der Waals surface area contributed by atoms with Crippen molar-refractivity contribution < 1.29 is 62.4 Å². The third-order valence-electron chi connectivity index (χ3n) is 7.74. The molecule has 6 unspecified atom stereocenters. The number of carboxylic acids is 1. The van der Waals surface area contributed by atoms with Crippen molar-refractivity contribution in [2.24, 2.45) is 0 Å². The van der Waals surface area contributed by atoms with E-state index in [1.165, 1.54) is 0 Å². The van der Waals surface area contributed by atoms with Crippen molar-refractivity contribution in [2.45, 2.75) is 76.7 Å². The lowest BCUT2D eigenvalue weighted by Gasteiger charge is -2.45. The summed E-state index contributed by atoms with van der Waals surface area (Å²) >= 11 is 0. The summed E-state index contributed by atoms with van der Waals surface area (Å²) in [5.74, 6) is -5.83. The number of hydrogen-bond acceptors (Lipinski definition) is 12. The van der Waals surface area contributed by atoms with Crippen LogP contribution in [-0.4, -0.2) is 96.7 Å². The number of amides is 3. The summed E-state index contributed by atoms with van der Waals surface area (Å²) in [7, 11) is 0. The van der Waals surface area contributed by atoms with Gasteiger partial charge in [-0.3, -0.25) is 24.0 Å². The smallest absolute Gasteiger partial charge is 0.407 e. The molecule has 1 fully saturated rings. The number of aliphatic carboxylic acids is 1. The first-order chi connectivity index (χ1) is 23.2. The topological polar surface area (TPSA) is 222 Å². The quantitative estimate of drug-likeness (QED) is 0.182. The Labute approximate surface area is 280 Å². The van der Waals surface area contributed by atoms with Crippen LogP contribution < -0.4 is 16.0 Å². The lowest BCUT2D eigenvalue weighted by Crippen LogP contribution is -2.69. The number of rotatable bonds is 12. The minimum atomic E-state index is -1.76. The summed E-state index contributed by atoms with van der Waals surface area (Å²) in [6.07, 6.45) is -7.55. The van der Waals surface area contributed by atoms with Crippen LogP contribution in [0.3, 0.4) is 0 Å². The van der Waals surface area contributed by atoms with Crippen LogP contribution in [0.15, 0.2) is 48.5 Å². The molecule has 3 amide bonds. The van der Waals surface area contributed by atoms with Crippen LogP contribution in [0.25, 0.3) is 11.1 Å². The average molecular weight is 684 g/mol. The van der Waals surface area contributed by atoms with Gasteiger partial charge in [0.2, 0.25) is 11.8 Å². The number of hydrogen-bond donors (Lipinski definition) is 4. The van der Waals surface area contributed by atoms with E-state index in [0.29, 0.717) is 0 Å². The highest BCUT2D eigenvalue weighted by Crippen LogP contribution is 2.44. The van der Waals surface area contributed by atoms with E-state index in [9.17, 15) is 38.7 Å². The van der Waals surface area contributed by atoms with Crippen LogP contribution in [0.1, 0.15) is 51.2 Å². The highest BCUT2D eigenvalue weighted by molar-refractivity contribution is 5.87. The summed E-state index contributed by atoms with van der Waals surface area (Å²) in [6.45, 7) is 3.77. The largest absolute Gasteiger partial charge is 0.480 e. The molecule has 49 heavy (non-hydrogen) atoms. The lowest BCUT2D eigenvalue weighted by atomic mass is 9.95. The van der Waals surface area contributed by atoms with Crippen molar-refractivity contribution in [1.29, 1.82) is 0 Å². The standard InChI is InChI=1S/C33H37N3O13/c1-16(37)34-28-30(48-19(4)40)29(47-18(3)39)26(15-45-17(2)38)49-31(28)36-27(41)13-25(32(42)43)35-33(44)46-14-24-22-11-7-5-9-20(22)21-10-6-8-12-23(21)24/h5-12,24-26,28-31H,13-15H2,1-4H3,(H,34,37)(H,35,44)(H,36,41)(H,42,43). The van der Waals surface area contributed by atoms with Gasteiger partial charge in [0.15, 0.2) is 18.4 Å². The molecule has 6 atom stereocenters. The third-order valence-corrected chi connectivity index (χ3v) is 7.74. The lowest BCUT2D eigenvalue weighted by molar-refractivity contribution is -0.228. The van der Waals surface area contributed by atoms with Crippen molar-refractivity contribution in [2.75, 3.05) is 13.2 Å². The Balaban J connectivity index is 1.46. The maximum absolute atomic E-state index is 13.2. The summed E-state index contributed by atoms with van der Waals surface area (Å²) < 4.78 is 27.0. The summed E-state index contributed by atoms with van der Waals surface area (Å²) in [4.78, 5) is 85.8. The van der Waals surface area contributed by atoms with Gasteiger partial charge in [-0.15, -0.1) is 0 Å². The van der Waals surface area contributed by atoms with Gasteiger partial charge in [-0.2, -0.15) is 0 Å². The SMILES string of the molecule is CC(=O)NC1C(NC(=O)CC(NC(=O)OCC2c3ccccc3-c3ccccc32)C(=O)O)OC(COC(C)=O)C(OC(C)=O)C1OC(C)=O. The van der Waals surface area contributed by atoms with Crippen molar-refractivity contribution >= 4 is 41.8 Å². The number of benzene rings is 2. The molecule has 1 aliphatic heterocycles. The maximum Gasteiger partial charge on any atom is 0.407 e. The highest BCUT2D eigenvalue weighted by Gasteiger charge is 2.51. The molecular formula is C33H37N3O13. The molecular weight excluding hydrogens is 646 g/mol. The molecule has 1 aliphatic carbocycles. The van der Waals surface area contributed by atoms with Gasteiger partial charge in [0.1, 0.15) is 31.4 Å². The number of carbonyl (C=O) groups is 7. The second-order valence-electron chi connectivity index (χ2n) is 11.4. The fraction of sp³-hybridized carbons (Fsp3) is 0.424. The fourth-order valence-electron chi connectivity index (χ4n) is 5.84. The van der Waals surface area contributed by atoms with Crippen LogP contribution in [0.2, 0.25) is 0 Å². The van der Waals surface area contributed by atoms with Crippen molar-refractivity contribution in [3.8, 4) is 11.1 Å². The van der Waals surface area contributed by atoms with E-state index in [0.717, 1.165) is 49.9 Å². The molecule has 0 aromatic heterocycles. The van der Waals surface area contributed by atoms with Gasteiger partial charge in [0.05, 0.1) is 6.42 Å². The highest BCUT2D eigenvalue weighted by atomic mass is 16.6. The normalized spacial score (nSPS) is 21.5. The van der Waals surface area contributed by atoms with Crippen molar-refractivity contribution in [3.05, 3.63) is 59.7 Å². The predicted molar refractivity (Wildman–Crippen MR) is 166 cm³/mol. The Morgan fingerprint density at radius 3 is 1.86 bits per heavy atom. The molecule has 262 valence electrons. The second-order valence-corrected chi connectivity index (χ2v) is 11.4. The predicted octanol–water partition coefficient (Wildman–Crippen LogP) is 1.14. The molecule has 16 nitrogen and oxygen atoms in total. The zero-order valence-electron chi connectivity index (χ0n) is 27.1. The maximum atomic E-state index is 13.2. The number of ether oxygens (including phenoxy) is 5. The first-order valence-corrected chi connectivity index (χ1v) is 15.3. The van der Waals surface area contributed by atoms with Crippen LogP contribution in [0.4, 0.5) is 4.79 Å². The summed E-state index contributed by atoms with van der Waals surface area (Å²) in [6, 6.07) is 12.2.